The van der Waals surface area contributed by atoms with Crippen LogP contribution in [0.25, 0.3) is 10.9 Å². The van der Waals surface area contributed by atoms with Gasteiger partial charge in [-0.2, -0.15) is 8.78 Å². The van der Waals surface area contributed by atoms with E-state index in [1.165, 1.54) is 18.5 Å². The van der Waals surface area contributed by atoms with E-state index in [1.807, 2.05) is 0 Å². The number of fused-ring (bicyclic) bond motifs is 1. The van der Waals surface area contributed by atoms with Crippen LogP contribution < -0.4 is 14.8 Å². The van der Waals surface area contributed by atoms with Crippen molar-refractivity contribution in [3.8, 4) is 11.5 Å². The summed E-state index contributed by atoms with van der Waals surface area (Å²) in [5, 5.41) is 3.72. The molecule has 1 fully saturated rings. The molecule has 0 unspecified atom stereocenters. The Balaban J connectivity index is 1.52. The minimum atomic E-state index is -2.87. The number of halogens is 4. The van der Waals surface area contributed by atoms with Crippen molar-refractivity contribution in [1.82, 2.24) is 14.9 Å². The standard InChI is InChI=1S/C24H26ClF3N4O4/c25-18-12-16(2-3-19(18)26)31-23-17-13-21(34-7-1-4-32-5-8-33-9-6-32)22(14-20(17)29-15-30-23)35-10-11-36-24(27)28/h2-3,12-15,24H,1,4-11H2,(H,29,30,31). The summed E-state index contributed by atoms with van der Waals surface area (Å²) in [6.45, 7) is 1.23. The lowest BCUT2D eigenvalue weighted by atomic mass is 10.2. The van der Waals surface area contributed by atoms with E-state index in [9.17, 15) is 13.2 Å². The first-order valence-corrected chi connectivity index (χ1v) is 11.8. The molecule has 8 nitrogen and oxygen atoms in total. The Labute approximate surface area is 211 Å². The van der Waals surface area contributed by atoms with Crippen LogP contribution in [0.5, 0.6) is 11.5 Å². The van der Waals surface area contributed by atoms with Crippen molar-refractivity contribution in [3.63, 3.8) is 0 Å². The largest absolute Gasteiger partial charge is 0.490 e. The molecule has 12 heteroatoms. The van der Waals surface area contributed by atoms with E-state index in [-0.39, 0.29) is 18.2 Å². The van der Waals surface area contributed by atoms with E-state index >= 15 is 0 Å². The number of rotatable bonds is 12. The highest BCUT2D eigenvalue weighted by Crippen LogP contribution is 2.35. The van der Waals surface area contributed by atoms with Crippen molar-refractivity contribution in [1.29, 1.82) is 0 Å². The van der Waals surface area contributed by atoms with Gasteiger partial charge in [-0.1, -0.05) is 11.6 Å². The average molecular weight is 527 g/mol. The number of nitrogens with one attached hydrogen (secondary N) is 1. The Bertz CT molecular complexity index is 1150. The molecule has 0 spiro atoms. The van der Waals surface area contributed by atoms with Crippen LogP contribution in [0.1, 0.15) is 6.42 Å². The zero-order valence-electron chi connectivity index (χ0n) is 19.4. The first-order valence-electron chi connectivity index (χ1n) is 11.5. The molecule has 1 aromatic heterocycles. The predicted molar refractivity (Wildman–Crippen MR) is 129 cm³/mol. The second-order valence-corrected chi connectivity index (χ2v) is 8.34. The molecule has 2 aromatic carbocycles. The number of anilines is 2. The summed E-state index contributed by atoms with van der Waals surface area (Å²) in [4.78, 5) is 10.9. The zero-order valence-corrected chi connectivity index (χ0v) is 20.1. The van der Waals surface area contributed by atoms with Gasteiger partial charge in [-0.3, -0.25) is 4.90 Å². The minimum Gasteiger partial charge on any atom is -0.490 e. The van der Waals surface area contributed by atoms with Gasteiger partial charge in [-0.05, 0) is 30.7 Å². The average Bonchev–Trinajstić information content (AvgIpc) is 2.87. The number of nitrogens with zero attached hydrogens (tertiary/aromatic N) is 3. The van der Waals surface area contributed by atoms with Gasteiger partial charge in [0.25, 0.3) is 0 Å². The number of aromatic nitrogens is 2. The SMILES string of the molecule is Fc1ccc(Nc2ncnc3cc(OCCOC(F)F)c(OCCCN4CCOCC4)cc23)cc1Cl. The van der Waals surface area contributed by atoms with Crippen LogP contribution in [0.15, 0.2) is 36.7 Å². The number of hydrogen-bond acceptors (Lipinski definition) is 8. The second kappa shape index (κ2) is 12.9. The Morgan fingerprint density at radius 2 is 1.81 bits per heavy atom. The molecule has 0 bridgehead atoms. The third kappa shape index (κ3) is 7.33. The molecule has 194 valence electrons. The van der Waals surface area contributed by atoms with Crippen molar-refractivity contribution < 1.29 is 32.1 Å². The van der Waals surface area contributed by atoms with Gasteiger partial charge >= 0.3 is 6.61 Å². The molecule has 2 heterocycles. The molecule has 36 heavy (non-hydrogen) atoms. The molecule has 0 radical (unpaired) electrons. The van der Waals surface area contributed by atoms with Crippen LogP contribution in [0.4, 0.5) is 24.7 Å². The molecule has 0 amide bonds. The van der Waals surface area contributed by atoms with E-state index < -0.39 is 12.4 Å². The van der Waals surface area contributed by atoms with Crippen molar-refractivity contribution in [3.05, 3.63) is 47.5 Å². The maximum atomic E-state index is 13.6. The summed E-state index contributed by atoms with van der Waals surface area (Å²) >= 11 is 5.90. The van der Waals surface area contributed by atoms with Crippen molar-refractivity contribution in [2.75, 3.05) is 58.0 Å². The fourth-order valence-corrected chi connectivity index (χ4v) is 3.86. The van der Waals surface area contributed by atoms with Gasteiger partial charge in [0.2, 0.25) is 0 Å². The molecule has 4 rings (SSSR count). The van der Waals surface area contributed by atoms with E-state index in [2.05, 4.69) is 24.9 Å². The molecular weight excluding hydrogens is 501 g/mol. The highest BCUT2D eigenvalue weighted by molar-refractivity contribution is 6.31. The molecule has 0 saturated carbocycles. The smallest absolute Gasteiger partial charge is 0.345 e. The van der Waals surface area contributed by atoms with Crippen LogP contribution in [0.3, 0.4) is 0 Å². The fourth-order valence-electron chi connectivity index (χ4n) is 3.68. The van der Waals surface area contributed by atoms with Gasteiger partial charge < -0.3 is 24.3 Å². The van der Waals surface area contributed by atoms with Gasteiger partial charge in [0, 0.05) is 36.8 Å². The molecule has 1 saturated heterocycles. The van der Waals surface area contributed by atoms with E-state index in [0.29, 0.717) is 40.5 Å². The summed E-state index contributed by atoms with van der Waals surface area (Å²) < 4.78 is 59.5. The Morgan fingerprint density at radius 1 is 1.03 bits per heavy atom. The van der Waals surface area contributed by atoms with Crippen LogP contribution >= 0.6 is 11.6 Å². The lowest BCUT2D eigenvalue weighted by Gasteiger charge is -2.26. The molecule has 0 atom stereocenters. The fraction of sp³-hybridized carbons (Fsp3) is 0.417. The molecular formula is C24H26ClF3N4O4. The Kier molecular flexibility index (Phi) is 9.40. The predicted octanol–water partition coefficient (Wildman–Crippen LogP) is 4.89. The normalized spacial score (nSPS) is 14.4. The summed E-state index contributed by atoms with van der Waals surface area (Å²) in [6.07, 6.45) is 2.14. The third-order valence-corrected chi connectivity index (χ3v) is 5.74. The summed E-state index contributed by atoms with van der Waals surface area (Å²) in [7, 11) is 0. The highest BCUT2D eigenvalue weighted by Gasteiger charge is 2.15. The van der Waals surface area contributed by atoms with Crippen LogP contribution in [0.2, 0.25) is 5.02 Å². The number of benzene rings is 2. The number of hydrogen-bond donors (Lipinski definition) is 1. The lowest BCUT2D eigenvalue weighted by Crippen LogP contribution is -2.37. The van der Waals surface area contributed by atoms with Crippen molar-refractivity contribution in [2.24, 2.45) is 0 Å². The van der Waals surface area contributed by atoms with Gasteiger partial charge in [-0.15, -0.1) is 0 Å². The number of ether oxygens (including phenoxy) is 4. The maximum Gasteiger partial charge on any atom is 0.345 e. The van der Waals surface area contributed by atoms with Crippen LogP contribution in [-0.4, -0.2) is 74.1 Å². The van der Waals surface area contributed by atoms with Gasteiger partial charge in [0.15, 0.2) is 11.5 Å². The number of alkyl halides is 2. The first kappa shape index (κ1) is 26.2. The maximum absolute atomic E-state index is 13.6. The Morgan fingerprint density at radius 3 is 2.58 bits per heavy atom. The third-order valence-electron chi connectivity index (χ3n) is 5.45. The molecule has 1 aliphatic rings. The van der Waals surface area contributed by atoms with Gasteiger partial charge in [0.1, 0.15) is 24.6 Å². The molecule has 0 aliphatic carbocycles. The minimum absolute atomic E-state index is 0.0237. The molecule has 3 aromatic rings. The quantitative estimate of drug-likeness (QED) is 0.334. The van der Waals surface area contributed by atoms with Crippen LogP contribution in [-0.2, 0) is 9.47 Å². The summed E-state index contributed by atoms with van der Waals surface area (Å²) in [5.41, 5.74) is 1.07. The van der Waals surface area contributed by atoms with Gasteiger partial charge in [0.05, 0.1) is 37.0 Å². The summed E-state index contributed by atoms with van der Waals surface area (Å²) in [6, 6.07) is 7.62. The monoisotopic (exact) mass is 526 g/mol. The Hall–Kier alpha value is -2.86. The van der Waals surface area contributed by atoms with Crippen molar-refractivity contribution in [2.45, 2.75) is 13.0 Å². The highest BCUT2D eigenvalue weighted by atomic mass is 35.5. The van der Waals surface area contributed by atoms with E-state index in [0.717, 1.165) is 39.3 Å². The number of morpholine rings is 1. The summed E-state index contributed by atoms with van der Waals surface area (Å²) in [5.74, 6) is 0.686. The molecule has 1 N–H and O–H groups in total. The topological polar surface area (TPSA) is 78.0 Å². The van der Waals surface area contributed by atoms with Crippen LogP contribution in [0, 0.1) is 5.82 Å². The first-order chi connectivity index (χ1) is 17.5. The van der Waals surface area contributed by atoms with E-state index in [4.69, 9.17) is 25.8 Å². The van der Waals surface area contributed by atoms with E-state index in [1.54, 1.807) is 18.2 Å². The zero-order chi connectivity index (χ0) is 25.3. The molecule has 1 aliphatic heterocycles. The lowest BCUT2D eigenvalue weighted by molar-refractivity contribution is -0.133. The van der Waals surface area contributed by atoms with Gasteiger partial charge in [-0.25, -0.2) is 14.4 Å². The van der Waals surface area contributed by atoms with Crippen molar-refractivity contribution >= 4 is 34.0 Å². The second-order valence-electron chi connectivity index (χ2n) is 7.93.